The molecule has 236 valence electrons. The largest absolute Gasteiger partial charge is 0.507 e. The third-order valence-corrected chi connectivity index (χ3v) is 7.70. The number of phenols is 2. The van der Waals surface area contributed by atoms with E-state index in [1.807, 2.05) is 0 Å². The van der Waals surface area contributed by atoms with E-state index in [0.29, 0.717) is 5.56 Å². The standard InChI is InChI=1S/C28H34O15/c1-10-21(32)23(34)25(36)27(40-10)39-9-19-22(33)24(35)26(37)28(43-19)41-12-6-14(30)20-15(31)8-16(42-18(20)7-12)11-3-4-13(29)17(5-11)38-2/h3-7,10,16,19,21-30,32-37H,8-9H2,1-2H3/t10?,16?,19?,21-,22+,23?,24-,25-,26?,27+,28+/m0/s1. The van der Waals surface area contributed by atoms with E-state index in [0.717, 1.165) is 6.07 Å². The zero-order chi connectivity index (χ0) is 31.2. The summed E-state index contributed by atoms with van der Waals surface area (Å²) in [5.41, 5.74) is 0.433. The molecular formula is C28H34O15. The fourth-order valence-corrected chi connectivity index (χ4v) is 5.19. The Bertz CT molecular complexity index is 1320. The number of aliphatic hydroxyl groups is 6. The highest BCUT2D eigenvalue weighted by Gasteiger charge is 2.47. The van der Waals surface area contributed by atoms with E-state index in [1.54, 1.807) is 6.07 Å². The summed E-state index contributed by atoms with van der Waals surface area (Å²) >= 11 is 0. The Hall–Kier alpha value is -3.25. The molecule has 0 aliphatic carbocycles. The lowest BCUT2D eigenvalue weighted by Gasteiger charge is -2.42. The molecule has 15 heteroatoms. The van der Waals surface area contributed by atoms with Crippen LogP contribution >= 0.6 is 0 Å². The second kappa shape index (κ2) is 12.4. The minimum absolute atomic E-state index is 0.0349. The maximum absolute atomic E-state index is 12.9. The van der Waals surface area contributed by atoms with Crippen molar-refractivity contribution in [3.8, 4) is 28.7 Å². The van der Waals surface area contributed by atoms with Gasteiger partial charge in [0.05, 0.1) is 26.2 Å². The quantitative estimate of drug-likeness (QED) is 0.185. The number of methoxy groups -OCH3 is 1. The van der Waals surface area contributed by atoms with Gasteiger partial charge in [-0.05, 0) is 24.6 Å². The molecule has 0 amide bonds. The number of hydrogen-bond donors (Lipinski definition) is 8. The number of carbonyl (C=O) groups is 1. The van der Waals surface area contributed by atoms with Crippen LogP contribution in [0.15, 0.2) is 30.3 Å². The van der Waals surface area contributed by atoms with Crippen LogP contribution in [-0.2, 0) is 14.2 Å². The maximum Gasteiger partial charge on any atom is 0.229 e. The molecule has 2 saturated heterocycles. The highest BCUT2D eigenvalue weighted by molar-refractivity contribution is 6.02. The zero-order valence-electron chi connectivity index (χ0n) is 23.1. The number of rotatable bonds is 7. The summed E-state index contributed by atoms with van der Waals surface area (Å²) in [5.74, 6) is -0.966. The van der Waals surface area contributed by atoms with Crippen LogP contribution in [-0.4, -0.2) is 122 Å². The third kappa shape index (κ3) is 6.08. The van der Waals surface area contributed by atoms with Crippen LogP contribution in [0, 0.1) is 0 Å². The topological polar surface area (TPSA) is 234 Å². The van der Waals surface area contributed by atoms with E-state index < -0.39 is 85.7 Å². The highest BCUT2D eigenvalue weighted by atomic mass is 16.7. The molecule has 0 radical (unpaired) electrons. The molecule has 5 unspecified atom stereocenters. The Morgan fingerprint density at radius 2 is 1.53 bits per heavy atom. The Labute approximate surface area is 245 Å². The van der Waals surface area contributed by atoms with Crippen molar-refractivity contribution in [1.82, 2.24) is 0 Å². The Morgan fingerprint density at radius 3 is 2.26 bits per heavy atom. The average molecular weight is 611 g/mol. The van der Waals surface area contributed by atoms with Crippen LogP contribution in [0.4, 0.5) is 0 Å². The van der Waals surface area contributed by atoms with Crippen molar-refractivity contribution in [1.29, 1.82) is 0 Å². The van der Waals surface area contributed by atoms with Gasteiger partial charge in [0, 0.05) is 12.1 Å². The van der Waals surface area contributed by atoms with Gasteiger partial charge in [0.1, 0.15) is 71.6 Å². The summed E-state index contributed by atoms with van der Waals surface area (Å²) in [6, 6.07) is 6.85. The van der Waals surface area contributed by atoms with Crippen LogP contribution in [0.3, 0.4) is 0 Å². The zero-order valence-corrected chi connectivity index (χ0v) is 23.1. The van der Waals surface area contributed by atoms with Crippen molar-refractivity contribution < 1.29 is 74.1 Å². The molecule has 3 heterocycles. The second-order valence-corrected chi connectivity index (χ2v) is 10.6. The number of Topliss-reactive ketones (excluding diaryl/α,β-unsaturated/α-hetero) is 1. The average Bonchev–Trinajstić information content (AvgIpc) is 2.97. The Kier molecular flexibility index (Phi) is 8.99. The number of aliphatic hydroxyl groups excluding tert-OH is 6. The molecule has 3 aliphatic rings. The van der Waals surface area contributed by atoms with Crippen LogP contribution < -0.4 is 14.2 Å². The molecule has 2 aromatic rings. The van der Waals surface area contributed by atoms with Crippen molar-refractivity contribution in [2.24, 2.45) is 0 Å². The highest BCUT2D eigenvalue weighted by Crippen LogP contribution is 2.43. The number of benzene rings is 2. The van der Waals surface area contributed by atoms with Crippen molar-refractivity contribution in [2.45, 2.75) is 80.9 Å². The first kappa shape index (κ1) is 31.2. The Morgan fingerprint density at radius 1 is 0.837 bits per heavy atom. The lowest BCUT2D eigenvalue weighted by atomic mass is 9.95. The van der Waals surface area contributed by atoms with Gasteiger partial charge in [-0.3, -0.25) is 4.79 Å². The summed E-state index contributed by atoms with van der Waals surface area (Å²) in [6.45, 7) is 0.966. The van der Waals surface area contributed by atoms with Gasteiger partial charge in [-0.2, -0.15) is 0 Å². The molecule has 2 fully saturated rings. The minimum atomic E-state index is -1.77. The van der Waals surface area contributed by atoms with E-state index in [9.17, 15) is 45.6 Å². The lowest BCUT2D eigenvalue weighted by Crippen LogP contribution is -2.61. The van der Waals surface area contributed by atoms with E-state index in [-0.39, 0.29) is 35.0 Å². The number of ketones is 1. The number of aromatic hydroxyl groups is 2. The number of phenolic OH excluding ortho intramolecular Hbond substituents is 2. The number of carbonyl (C=O) groups excluding carboxylic acids is 1. The SMILES string of the molecule is COc1cc(C2CC(=O)c3c(O)cc(O[C@@H]4OC(CO[C@@H]5OC(C)[C@H](O)C(O)[C@@H]5O)[C@@H](O)[C@H](O)C4O)cc3O2)ccc1O. The molecule has 2 aromatic carbocycles. The second-order valence-electron chi connectivity index (χ2n) is 10.6. The van der Waals surface area contributed by atoms with Gasteiger partial charge in [-0.1, -0.05) is 6.07 Å². The normalized spacial score (nSPS) is 36.0. The van der Waals surface area contributed by atoms with E-state index >= 15 is 0 Å². The molecular weight excluding hydrogens is 576 g/mol. The molecule has 0 saturated carbocycles. The van der Waals surface area contributed by atoms with Crippen LogP contribution in [0.5, 0.6) is 28.7 Å². The number of hydrogen-bond acceptors (Lipinski definition) is 15. The smallest absolute Gasteiger partial charge is 0.229 e. The predicted octanol–water partition coefficient (Wildman–Crippen LogP) is -1.16. The maximum atomic E-state index is 12.9. The van der Waals surface area contributed by atoms with Crippen LogP contribution in [0.2, 0.25) is 0 Å². The number of ether oxygens (including phenoxy) is 6. The summed E-state index contributed by atoms with van der Waals surface area (Å²) in [7, 11) is 1.38. The van der Waals surface area contributed by atoms with Crippen molar-refractivity contribution in [2.75, 3.05) is 13.7 Å². The molecule has 0 aromatic heterocycles. The molecule has 15 nitrogen and oxygen atoms in total. The van der Waals surface area contributed by atoms with Gasteiger partial charge in [0.2, 0.25) is 6.29 Å². The summed E-state index contributed by atoms with van der Waals surface area (Å²) in [4.78, 5) is 12.9. The molecule has 11 atom stereocenters. The molecule has 0 bridgehead atoms. The van der Waals surface area contributed by atoms with Crippen LogP contribution in [0.1, 0.15) is 35.4 Å². The molecule has 43 heavy (non-hydrogen) atoms. The third-order valence-electron chi connectivity index (χ3n) is 7.70. The van der Waals surface area contributed by atoms with E-state index in [1.165, 1.54) is 32.2 Å². The molecule has 0 spiro atoms. The van der Waals surface area contributed by atoms with E-state index in [4.69, 9.17) is 28.4 Å². The van der Waals surface area contributed by atoms with Crippen LogP contribution in [0.25, 0.3) is 0 Å². The molecule has 3 aliphatic heterocycles. The predicted molar refractivity (Wildman–Crippen MR) is 141 cm³/mol. The monoisotopic (exact) mass is 610 g/mol. The van der Waals surface area contributed by atoms with Gasteiger partial charge in [0.15, 0.2) is 23.6 Å². The van der Waals surface area contributed by atoms with Gasteiger partial charge in [-0.15, -0.1) is 0 Å². The first-order valence-electron chi connectivity index (χ1n) is 13.5. The van der Waals surface area contributed by atoms with Crippen molar-refractivity contribution in [3.63, 3.8) is 0 Å². The van der Waals surface area contributed by atoms with Gasteiger partial charge in [-0.25, -0.2) is 0 Å². The van der Waals surface area contributed by atoms with Crippen molar-refractivity contribution >= 4 is 5.78 Å². The van der Waals surface area contributed by atoms with E-state index in [2.05, 4.69) is 0 Å². The first-order valence-corrected chi connectivity index (χ1v) is 13.5. The first-order chi connectivity index (χ1) is 20.4. The van der Waals surface area contributed by atoms with Crippen molar-refractivity contribution in [3.05, 3.63) is 41.5 Å². The number of fused-ring (bicyclic) bond motifs is 1. The van der Waals surface area contributed by atoms with Gasteiger partial charge in [0.25, 0.3) is 0 Å². The fourth-order valence-electron chi connectivity index (χ4n) is 5.19. The Balaban J connectivity index is 1.31. The fraction of sp³-hybridized carbons (Fsp3) is 0.536. The summed E-state index contributed by atoms with van der Waals surface area (Å²) in [6.07, 6.45) is -15.9. The summed E-state index contributed by atoms with van der Waals surface area (Å²) < 4.78 is 33.3. The minimum Gasteiger partial charge on any atom is -0.507 e. The lowest BCUT2D eigenvalue weighted by molar-refractivity contribution is -0.318. The summed E-state index contributed by atoms with van der Waals surface area (Å²) in [5, 5.41) is 82.0. The molecule has 8 N–H and O–H groups in total. The molecule has 5 rings (SSSR count). The van der Waals surface area contributed by atoms with Gasteiger partial charge < -0.3 is 69.3 Å². The van der Waals surface area contributed by atoms with Gasteiger partial charge >= 0.3 is 0 Å².